The van der Waals surface area contributed by atoms with Crippen molar-refractivity contribution < 1.29 is 14.3 Å². The lowest BCUT2D eigenvalue weighted by Gasteiger charge is -2.29. The molecule has 1 rings (SSSR count). The summed E-state index contributed by atoms with van der Waals surface area (Å²) in [6.45, 7) is 2.69. The summed E-state index contributed by atoms with van der Waals surface area (Å²) in [4.78, 5) is 11.1. The highest BCUT2D eigenvalue weighted by molar-refractivity contribution is 5.75. The molecule has 3 atom stereocenters. The van der Waals surface area contributed by atoms with Gasteiger partial charge in [0.15, 0.2) is 0 Å². The first-order valence-corrected chi connectivity index (χ1v) is 4.60. The first-order chi connectivity index (χ1) is 6.15. The van der Waals surface area contributed by atoms with Crippen LogP contribution in [0.2, 0.25) is 0 Å². The van der Waals surface area contributed by atoms with Crippen molar-refractivity contribution in [3.8, 4) is 0 Å². The van der Waals surface area contributed by atoms with Crippen molar-refractivity contribution in [1.82, 2.24) is 0 Å². The predicted molar refractivity (Wildman–Crippen MR) is 48.1 cm³/mol. The van der Waals surface area contributed by atoms with Crippen molar-refractivity contribution in [2.45, 2.75) is 31.9 Å². The fraction of sp³-hybridized carbons (Fsp3) is 0.889. The first kappa shape index (κ1) is 10.5. The molecular formula is C9H17NO3. The minimum absolute atomic E-state index is 0.203. The molecule has 0 radical (unpaired) electrons. The molecule has 1 aliphatic rings. The van der Waals surface area contributed by atoms with Gasteiger partial charge in [0.1, 0.15) is 6.04 Å². The van der Waals surface area contributed by atoms with Crippen molar-refractivity contribution >= 4 is 5.97 Å². The smallest absolute Gasteiger partial charge is 0.322 e. The van der Waals surface area contributed by atoms with Crippen LogP contribution in [0.5, 0.6) is 0 Å². The maximum Gasteiger partial charge on any atom is 0.322 e. The molecule has 13 heavy (non-hydrogen) atoms. The molecule has 1 heterocycles. The molecule has 0 saturated carbocycles. The molecule has 2 N–H and O–H groups in total. The van der Waals surface area contributed by atoms with E-state index in [4.69, 9.17) is 10.5 Å². The summed E-state index contributed by atoms with van der Waals surface area (Å²) in [7, 11) is 1.37. The summed E-state index contributed by atoms with van der Waals surface area (Å²) >= 11 is 0. The zero-order valence-electron chi connectivity index (χ0n) is 8.16. The van der Waals surface area contributed by atoms with Crippen LogP contribution in [0.15, 0.2) is 0 Å². The standard InChI is InChI=1S/C9H17NO3/c1-6-5-7(3-4-13-6)8(10)9(11)12-2/h6-8H,3-5,10H2,1-2H3/t6-,7?,8?/m1/s1. The van der Waals surface area contributed by atoms with Crippen LogP contribution in [0.4, 0.5) is 0 Å². The van der Waals surface area contributed by atoms with Gasteiger partial charge in [-0.25, -0.2) is 0 Å². The van der Waals surface area contributed by atoms with Gasteiger partial charge in [-0.3, -0.25) is 4.79 Å². The minimum atomic E-state index is -0.489. The molecule has 0 bridgehead atoms. The molecule has 1 saturated heterocycles. The number of hydrogen-bond acceptors (Lipinski definition) is 4. The topological polar surface area (TPSA) is 61.5 Å². The zero-order chi connectivity index (χ0) is 9.84. The van der Waals surface area contributed by atoms with Crippen LogP contribution < -0.4 is 5.73 Å². The minimum Gasteiger partial charge on any atom is -0.468 e. The Bertz CT molecular complexity index is 184. The molecule has 4 heteroatoms. The Labute approximate surface area is 78.4 Å². The number of carbonyl (C=O) groups is 1. The van der Waals surface area contributed by atoms with Crippen molar-refractivity contribution in [1.29, 1.82) is 0 Å². The average molecular weight is 187 g/mol. The molecule has 0 aliphatic carbocycles. The van der Waals surface area contributed by atoms with Gasteiger partial charge in [0, 0.05) is 6.61 Å². The Morgan fingerprint density at radius 2 is 2.38 bits per heavy atom. The molecule has 1 aliphatic heterocycles. The number of ether oxygens (including phenoxy) is 2. The van der Waals surface area contributed by atoms with Gasteiger partial charge in [-0.1, -0.05) is 0 Å². The second-order valence-corrected chi connectivity index (χ2v) is 3.51. The molecule has 0 spiro atoms. The van der Waals surface area contributed by atoms with Gasteiger partial charge in [-0.15, -0.1) is 0 Å². The summed E-state index contributed by atoms with van der Waals surface area (Å²) < 4.78 is 9.96. The van der Waals surface area contributed by atoms with Crippen LogP contribution in [0.25, 0.3) is 0 Å². The molecule has 2 unspecified atom stereocenters. The maximum absolute atomic E-state index is 11.1. The van der Waals surface area contributed by atoms with Gasteiger partial charge in [-0.2, -0.15) is 0 Å². The highest BCUT2D eigenvalue weighted by Crippen LogP contribution is 2.22. The molecule has 0 aromatic rings. The first-order valence-electron chi connectivity index (χ1n) is 4.60. The number of rotatable bonds is 2. The van der Waals surface area contributed by atoms with Crippen LogP contribution in [0.1, 0.15) is 19.8 Å². The average Bonchev–Trinajstić information content (AvgIpc) is 2.15. The maximum atomic E-state index is 11.1. The number of hydrogen-bond donors (Lipinski definition) is 1. The SMILES string of the molecule is COC(=O)C(N)C1CCO[C@H](C)C1. The van der Waals surface area contributed by atoms with E-state index in [9.17, 15) is 4.79 Å². The third-order valence-electron chi connectivity index (χ3n) is 2.51. The molecule has 0 aromatic heterocycles. The van der Waals surface area contributed by atoms with Crippen molar-refractivity contribution in [3.05, 3.63) is 0 Å². The predicted octanol–water partition coefficient (Wildman–Crippen LogP) is 0.302. The lowest BCUT2D eigenvalue weighted by atomic mass is 9.89. The van der Waals surface area contributed by atoms with E-state index in [0.717, 1.165) is 12.8 Å². The van der Waals surface area contributed by atoms with E-state index < -0.39 is 6.04 Å². The Hall–Kier alpha value is -0.610. The normalized spacial score (nSPS) is 31.0. The number of carbonyl (C=O) groups excluding carboxylic acids is 1. The number of esters is 1. The molecule has 0 aromatic carbocycles. The molecular weight excluding hydrogens is 170 g/mol. The van der Waals surface area contributed by atoms with Crippen LogP contribution in [-0.4, -0.2) is 31.8 Å². The Kier molecular flexibility index (Phi) is 3.69. The molecule has 76 valence electrons. The summed E-state index contributed by atoms with van der Waals surface area (Å²) in [6, 6.07) is -0.489. The highest BCUT2D eigenvalue weighted by Gasteiger charge is 2.29. The summed E-state index contributed by atoms with van der Waals surface area (Å²) in [5.41, 5.74) is 5.73. The molecule has 1 fully saturated rings. The van der Waals surface area contributed by atoms with E-state index in [-0.39, 0.29) is 18.0 Å². The largest absolute Gasteiger partial charge is 0.468 e. The van der Waals surface area contributed by atoms with Crippen LogP contribution in [0, 0.1) is 5.92 Å². The second-order valence-electron chi connectivity index (χ2n) is 3.51. The lowest BCUT2D eigenvalue weighted by Crippen LogP contribution is -2.42. The van der Waals surface area contributed by atoms with Gasteiger partial charge in [0.25, 0.3) is 0 Å². The Morgan fingerprint density at radius 1 is 1.69 bits per heavy atom. The van der Waals surface area contributed by atoms with Gasteiger partial charge >= 0.3 is 5.97 Å². The summed E-state index contributed by atoms with van der Waals surface area (Å²) in [5, 5.41) is 0. The van der Waals surface area contributed by atoms with E-state index in [1.54, 1.807) is 0 Å². The Morgan fingerprint density at radius 3 is 2.92 bits per heavy atom. The van der Waals surface area contributed by atoms with Crippen molar-refractivity contribution in [2.75, 3.05) is 13.7 Å². The van der Waals surface area contributed by atoms with Gasteiger partial charge in [0.2, 0.25) is 0 Å². The van der Waals surface area contributed by atoms with Crippen LogP contribution in [-0.2, 0) is 14.3 Å². The fourth-order valence-corrected chi connectivity index (χ4v) is 1.69. The third kappa shape index (κ3) is 2.67. The van der Waals surface area contributed by atoms with Crippen LogP contribution >= 0.6 is 0 Å². The summed E-state index contributed by atoms with van der Waals surface area (Å²) in [5.74, 6) is -0.115. The fourth-order valence-electron chi connectivity index (χ4n) is 1.69. The highest BCUT2D eigenvalue weighted by atomic mass is 16.5. The quantitative estimate of drug-likeness (QED) is 0.632. The zero-order valence-corrected chi connectivity index (χ0v) is 8.16. The molecule has 4 nitrogen and oxygen atoms in total. The summed E-state index contributed by atoms with van der Waals surface area (Å²) in [6.07, 6.45) is 1.89. The second kappa shape index (κ2) is 4.58. The van der Waals surface area contributed by atoms with E-state index in [1.807, 2.05) is 6.92 Å². The van der Waals surface area contributed by atoms with Gasteiger partial charge in [-0.05, 0) is 25.7 Å². The monoisotopic (exact) mass is 187 g/mol. The van der Waals surface area contributed by atoms with Gasteiger partial charge < -0.3 is 15.2 Å². The Balaban J connectivity index is 2.45. The van der Waals surface area contributed by atoms with E-state index in [1.165, 1.54) is 7.11 Å². The molecule has 0 amide bonds. The number of nitrogens with two attached hydrogens (primary N) is 1. The third-order valence-corrected chi connectivity index (χ3v) is 2.51. The van der Waals surface area contributed by atoms with E-state index in [0.29, 0.717) is 6.61 Å². The van der Waals surface area contributed by atoms with Gasteiger partial charge in [0.05, 0.1) is 13.2 Å². The van der Waals surface area contributed by atoms with Crippen LogP contribution in [0.3, 0.4) is 0 Å². The van der Waals surface area contributed by atoms with Crippen molar-refractivity contribution in [2.24, 2.45) is 11.7 Å². The number of methoxy groups -OCH3 is 1. The van der Waals surface area contributed by atoms with E-state index in [2.05, 4.69) is 4.74 Å². The lowest BCUT2D eigenvalue weighted by molar-refractivity contribution is -0.144. The van der Waals surface area contributed by atoms with E-state index >= 15 is 0 Å². The van der Waals surface area contributed by atoms with Crippen molar-refractivity contribution in [3.63, 3.8) is 0 Å².